The lowest BCUT2D eigenvalue weighted by Crippen LogP contribution is -2.49. The summed E-state index contributed by atoms with van der Waals surface area (Å²) in [5.41, 5.74) is -0.163. The highest BCUT2D eigenvalue weighted by Gasteiger charge is 2.47. The van der Waals surface area contributed by atoms with Crippen LogP contribution in [0.25, 0.3) is 0 Å². The summed E-state index contributed by atoms with van der Waals surface area (Å²) >= 11 is 0. The summed E-state index contributed by atoms with van der Waals surface area (Å²) < 4.78 is 0. The normalized spacial score (nSPS) is 39.4. The van der Waals surface area contributed by atoms with E-state index in [1.807, 2.05) is 0 Å². The second-order valence-corrected chi connectivity index (χ2v) is 7.06. The summed E-state index contributed by atoms with van der Waals surface area (Å²) in [5, 5.41) is 11.1. The molecule has 2 rings (SSSR count). The largest absolute Gasteiger partial charge is 0.389 e. The van der Waals surface area contributed by atoms with Crippen molar-refractivity contribution < 1.29 is 5.11 Å². The van der Waals surface area contributed by atoms with Gasteiger partial charge < -0.3 is 5.11 Å². The number of hydrogen-bond donors (Lipinski definition) is 1. The molecule has 0 aliphatic heterocycles. The fraction of sp³-hybridized carbons (Fsp3) is 1.00. The second-order valence-electron chi connectivity index (χ2n) is 7.06. The summed E-state index contributed by atoms with van der Waals surface area (Å²) in [4.78, 5) is 0. The molecular formula is C16H30O. The Morgan fingerprint density at radius 1 is 0.882 bits per heavy atom. The molecule has 1 N–H and O–H groups in total. The van der Waals surface area contributed by atoms with Crippen LogP contribution in [0.15, 0.2) is 0 Å². The van der Waals surface area contributed by atoms with Crippen molar-refractivity contribution in [2.24, 2.45) is 11.3 Å². The van der Waals surface area contributed by atoms with E-state index < -0.39 is 0 Å². The zero-order valence-corrected chi connectivity index (χ0v) is 11.8. The fourth-order valence-electron chi connectivity index (χ4n) is 4.22. The third kappa shape index (κ3) is 2.86. The molecule has 2 fully saturated rings. The Bertz CT molecular complexity index is 240. The molecule has 0 aromatic rings. The van der Waals surface area contributed by atoms with Crippen LogP contribution in [0, 0.1) is 11.3 Å². The first kappa shape index (κ1) is 13.4. The van der Waals surface area contributed by atoms with Gasteiger partial charge in [-0.3, -0.25) is 0 Å². The average molecular weight is 238 g/mol. The van der Waals surface area contributed by atoms with Crippen molar-refractivity contribution in [2.45, 2.75) is 90.1 Å². The maximum absolute atomic E-state index is 11.1. The van der Waals surface area contributed by atoms with Gasteiger partial charge in [-0.25, -0.2) is 0 Å². The lowest BCUT2D eigenvalue weighted by molar-refractivity contribution is -0.122. The maximum Gasteiger partial charge on any atom is 0.0703 e. The second kappa shape index (κ2) is 5.30. The van der Waals surface area contributed by atoms with E-state index in [1.54, 1.807) is 0 Å². The summed E-state index contributed by atoms with van der Waals surface area (Å²) in [5.74, 6) is 0.719. The predicted octanol–water partition coefficient (Wildman–Crippen LogP) is 4.68. The van der Waals surface area contributed by atoms with E-state index in [0.717, 1.165) is 18.8 Å². The molecular weight excluding hydrogens is 208 g/mol. The summed E-state index contributed by atoms with van der Waals surface area (Å²) in [7, 11) is 0. The van der Waals surface area contributed by atoms with E-state index in [-0.39, 0.29) is 11.0 Å². The molecule has 2 unspecified atom stereocenters. The fourth-order valence-corrected chi connectivity index (χ4v) is 4.22. The Morgan fingerprint density at radius 2 is 1.47 bits per heavy atom. The molecule has 2 aliphatic carbocycles. The van der Waals surface area contributed by atoms with Gasteiger partial charge in [-0.1, -0.05) is 58.8 Å². The van der Waals surface area contributed by atoms with E-state index in [0.29, 0.717) is 0 Å². The van der Waals surface area contributed by atoms with Crippen molar-refractivity contribution in [1.82, 2.24) is 0 Å². The lowest BCUT2D eigenvalue weighted by atomic mass is 9.59. The molecule has 2 aliphatic rings. The topological polar surface area (TPSA) is 20.2 Å². The van der Waals surface area contributed by atoms with Crippen LogP contribution in [0.3, 0.4) is 0 Å². The van der Waals surface area contributed by atoms with Crippen molar-refractivity contribution in [3.05, 3.63) is 0 Å². The van der Waals surface area contributed by atoms with Crippen LogP contribution in [0.5, 0.6) is 0 Å². The van der Waals surface area contributed by atoms with Crippen LogP contribution in [0.1, 0.15) is 84.5 Å². The molecule has 0 radical (unpaired) electrons. The van der Waals surface area contributed by atoms with E-state index >= 15 is 0 Å². The molecule has 1 nitrogen and oxygen atoms in total. The SMILES string of the molecule is CC1CCCC(O)(C2(C)CCCCCCC2)C1. The zero-order valence-electron chi connectivity index (χ0n) is 11.8. The Labute approximate surface area is 107 Å². The molecule has 100 valence electrons. The quantitative estimate of drug-likeness (QED) is 0.703. The smallest absolute Gasteiger partial charge is 0.0703 e. The van der Waals surface area contributed by atoms with E-state index in [2.05, 4.69) is 13.8 Å². The van der Waals surface area contributed by atoms with Crippen LogP contribution in [0.4, 0.5) is 0 Å². The van der Waals surface area contributed by atoms with Crippen LogP contribution in [-0.4, -0.2) is 10.7 Å². The Morgan fingerprint density at radius 3 is 2.06 bits per heavy atom. The first-order valence-corrected chi connectivity index (χ1v) is 7.78. The van der Waals surface area contributed by atoms with Crippen LogP contribution in [-0.2, 0) is 0 Å². The third-order valence-electron chi connectivity index (χ3n) is 5.55. The minimum absolute atomic E-state index is 0.197. The van der Waals surface area contributed by atoms with Gasteiger partial charge in [0, 0.05) is 0 Å². The molecule has 0 heterocycles. The Balaban J connectivity index is 2.09. The van der Waals surface area contributed by atoms with Crippen molar-refractivity contribution in [2.75, 3.05) is 0 Å². The number of hydrogen-bond acceptors (Lipinski definition) is 1. The van der Waals surface area contributed by atoms with Gasteiger partial charge in [0.15, 0.2) is 0 Å². The summed E-state index contributed by atoms with van der Waals surface area (Å²) in [6.07, 6.45) is 13.9. The first-order valence-electron chi connectivity index (χ1n) is 7.78. The molecule has 2 saturated carbocycles. The Kier molecular flexibility index (Phi) is 4.18. The third-order valence-corrected chi connectivity index (χ3v) is 5.55. The van der Waals surface area contributed by atoms with Gasteiger partial charge in [0.25, 0.3) is 0 Å². The maximum atomic E-state index is 11.1. The minimum Gasteiger partial charge on any atom is -0.389 e. The summed E-state index contributed by atoms with van der Waals surface area (Å²) in [6, 6.07) is 0. The molecule has 1 heteroatoms. The van der Waals surface area contributed by atoms with Gasteiger partial charge in [0.05, 0.1) is 5.60 Å². The number of rotatable bonds is 1. The molecule has 0 aromatic carbocycles. The Hall–Kier alpha value is -0.0400. The standard InChI is InChI=1S/C16H30O/c1-14-9-8-12-16(17,13-14)15(2)10-6-4-3-5-7-11-15/h14,17H,3-13H2,1-2H3. The predicted molar refractivity (Wildman–Crippen MR) is 73.0 cm³/mol. The highest BCUT2D eigenvalue weighted by molar-refractivity contribution is 4.99. The van der Waals surface area contributed by atoms with Gasteiger partial charge in [-0.05, 0) is 37.0 Å². The molecule has 0 saturated heterocycles. The highest BCUT2D eigenvalue weighted by Crippen LogP contribution is 2.50. The van der Waals surface area contributed by atoms with Crippen LogP contribution >= 0.6 is 0 Å². The van der Waals surface area contributed by atoms with Crippen molar-refractivity contribution in [1.29, 1.82) is 0 Å². The molecule has 0 aromatic heterocycles. The zero-order chi connectivity index (χ0) is 12.4. The van der Waals surface area contributed by atoms with E-state index in [9.17, 15) is 5.11 Å². The van der Waals surface area contributed by atoms with Crippen molar-refractivity contribution >= 4 is 0 Å². The van der Waals surface area contributed by atoms with Gasteiger partial charge in [0.2, 0.25) is 0 Å². The first-order chi connectivity index (χ1) is 8.06. The van der Waals surface area contributed by atoms with Crippen LogP contribution in [0.2, 0.25) is 0 Å². The van der Waals surface area contributed by atoms with Crippen LogP contribution < -0.4 is 0 Å². The van der Waals surface area contributed by atoms with Gasteiger partial charge in [0.1, 0.15) is 0 Å². The monoisotopic (exact) mass is 238 g/mol. The summed E-state index contributed by atoms with van der Waals surface area (Å²) in [6.45, 7) is 4.69. The molecule has 0 spiro atoms. The van der Waals surface area contributed by atoms with Gasteiger partial charge in [-0.2, -0.15) is 0 Å². The molecule has 0 bridgehead atoms. The van der Waals surface area contributed by atoms with Crippen molar-refractivity contribution in [3.8, 4) is 0 Å². The minimum atomic E-state index is -0.359. The number of aliphatic hydroxyl groups is 1. The average Bonchev–Trinajstić information content (AvgIpc) is 2.23. The highest BCUT2D eigenvalue weighted by atomic mass is 16.3. The van der Waals surface area contributed by atoms with Gasteiger partial charge >= 0.3 is 0 Å². The lowest BCUT2D eigenvalue weighted by Gasteiger charge is -2.50. The van der Waals surface area contributed by atoms with Crippen molar-refractivity contribution in [3.63, 3.8) is 0 Å². The van der Waals surface area contributed by atoms with E-state index in [4.69, 9.17) is 0 Å². The molecule has 2 atom stereocenters. The van der Waals surface area contributed by atoms with E-state index in [1.165, 1.54) is 57.8 Å². The molecule has 0 amide bonds. The van der Waals surface area contributed by atoms with Gasteiger partial charge in [-0.15, -0.1) is 0 Å². The molecule has 17 heavy (non-hydrogen) atoms.